The van der Waals surface area contributed by atoms with Gasteiger partial charge in [0.25, 0.3) is 0 Å². The summed E-state index contributed by atoms with van der Waals surface area (Å²) < 4.78 is 5.22. The van der Waals surface area contributed by atoms with Gasteiger partial charge in [-0.15, -0.1) is 0 Å². The molecule has 2 N–H and O–H groups in total. The molecule has 0 atom stereocenters. The lowest BCUT2D eigenvalue weighted by molar-refractivity contribution is 0.398. The number of nitrogen functional groups attached to an aromatic ring is 1. The summed E-state index contributed by atoms with van der Waals surface area (Å²) in [6, 6.07) is 17.0. The number of thiol groups is 1. The first-order valence-corrected chi connectivity index (χ1v) is 10.4. The Bertz CT molecular complexity index is 1020. The predicted octanol–water partition coefficient (Wildman–Crippen LogP) is 4.33. The van der Waals surface area contributed by atoms with Gasteiger partial charge in [-0.3, -0.25) is 9.97 Å². The number of hydrogen-bond acceptors (Lipinski definition) is 8. The molecular formula is C23H24N6OS. The number of pyridine rings is 4. The number of methoxy groups -OCH3 is 1. The van der Waals surface area contributed by atoms with Gasteiger partial charge in [0, 0.05) is 30.9 Å². The minimum atomic E-state index is -0.234. The number of hydrogen-bond donors (Lipinski definition) is 2. The quantitative estimate of drug-likeness (QED) is 0.438. The molecule has 0 unspecified atom stereocenters. The van der Waals surface area contributed by atoms with E-state index in [1.165, 1.54) is 0 Å². The SMILES string of the molecule is COc1ccc(N(c2cccc(N)n2)C(c2cccnc2)c2cccnc2)cn1.CS. The highest BCUT2D eigenvalue weighted by atomic mass is 32.1. The number of nitrogens with zero attached hydrogens (tertiary/aromatic N) is 5. The van der Waals surface area contributed by atoms with E-state index in [2.05, 4.69) is 37.5 Å². The van der Waals surface area contributed by atoms with E-state index in [9.17, 15) is 0 Å². The summed E-state index contributed by atoms with van der Waals surface area (Å²) in [5.41, 5.74) is 8.81. The zero-order valence-corrected chi connectivity index (χ0v) is 18.2. The maximum Gasteiger partial charge on any atom is 0.213 e. The molecule has 158 valence electrons. The van der Waals surface area contributed by atoms with Crippen molar-refractivity contribution in [2.75, 3.05) is 24.0 Å². The Morgan fingerprint density at radius 1 is 0.871 bits per heavy atom. The molecule has 7 nitrogen and oxygen atoms in total. The molecule has 0 radical (unpaired) electrons. The van der Waals surface area contributed by atoms with Crippen LogP contribution in [0.5, 0.6) is 5.88 Å². The van der Waals surface area contributed by atoms with E-state index in [0.717, 1.165) is 16.8 Å². The highest BCUT2D eigenvalue weighted by Crippen LogP contribution is 2.38. The molecule has 0 aliphatic heterocycles. The predicted molar refractivity (Wildman–Crippen MR) is 127 cm³/mol. The minimum absolute atomic E-state index is 0.234. The maximum absolute atomic E-state index is 6.00. The zero-order chi connectivity index (χ0) is 22.1. The fourth-order valence-electron chi connectivity index (χ4n) is 3.19. The van der Waals surface area contributed by atoms with Crippen LogP contribution < -0.4 is 15.4 Å². The second-order valence-corrected chi connectivity index (χ2v) is 6.32. The number of nitrogens with two attached hydrogens (primary N) is 1. The van der Waals surface area contributed by atoms with Gasteiger partial charge in [0.1, 0.15) is 11.6 Å². The second-order valence-electron chi connectivity index (χ2n) is 6.32. The van der Waals surface area contributed by atoms with Crippen molar-refractivity contribution in [1.29, 1.82) is 0 Å². The lowest BCUT2D eigenvalue weighted by Gasteiger charge is -2.33. The third-order valence-corrected chi connectivity index (χ3v) is 4.47. The van der Waals surface area contributed by atoms with E-state index < -0.39 is 0 Å². The van der Waals surface area contributed by atoms with Crippen molar-refractivity contribution in [2.24, 2.45) is 0 Å². The Balaban J connectivity index is 0.00000132. The van der Waals surface area contributed by atoms with Crippen molar-refractivity contribution in [1.82, 2.24) is 19.9 Å². The summed E-state index contributed by atoms with van der Waals surface area (Å²) in [6.07, 6.45) is 10.6. The van der Waals surface area contributed by atoms with Gasteiger partial charge in [-0.1, -0.05) is 18.2 Å². The van der Waals surface area contributed by atoms with E-state index in [-0.39, 0.29) is 6.04 Å². The second kappa shape index (κ2) is 10.9. The molecule has 4 aromatic rings. The Morgan fingerprint density at radius 2 is 1.55 bits per heavy atom. The highest BCUT2D eigenvalue weighted by molar-refractivity contribution is 7.79. The molecule has 4 aromatic heterocycles. The van der Waals surface area contributed by atoms with Gasteiger partial charge in [-0.25, -0.2) is 9.97 Å². The molecule has 0 fully saturated rings. The van der Waals surface area contributed by atoms with Crippen molar-refractivity contribution in [3.63, 3.8) is 0 Å². The first kappa shape index (κ1) is 22.0. The van der Waals surface area contributed by atoms with Gasteiger partial charge in [0.15, 0.2) is 0 Å². The fourth-order valence-corrected chi connectivity index (χ4v) is 3.19. The van der Waals surface area contributed by atoms with Crippen LogP contribution in [0.2, 0.25) is 0 Å². The van der Waals surface area contributed by atoms with Crippen LogP contribution in [0.25, 0.3) is 0 Å². The molecule has 0 amide bonds. The van der Waals surface area contributed by atoms with Crippen LogP contribution in [0.3, 0.4) is 0 Å². The molecule has 8 heteroatoms. The smallest absolute Gasteiger partial charge is 0.213 e. The molecule has 0 bridgehead atoms. The van der Waals surface area contributed by atoms with E-state index >= 15 is 0 Å². The molecule has 0 aromatic carbocycles. The largest absolute Gasteiger partial charge is 0.481 e. The van der Waals surface area contributed by atoms with Crippen LogP contribution in [-0.4, -0.2) is 33.3 Å². The average Bonchev–Trinajstić information content (AvgIpc) is 2.85. The van der Waals surface area contributed by atoms with Crippen LogP contribution in [0.15, 0.2) is 85.6 Å². The first-order valence-electron chi connectivity index (χ1n) is 9.52. The van der Waals surface area contributed by atoms with Crippen molar-refractivity contribution >= 4 is 30.0 Å². The summed E-state index contributed by atoms with van der Waals surface area (Å²) in [5.74, 6) is 1.66. The molecule has 0 aliphatic rings. The summed E-state index contributed by atoms with van der Waals surface area (Å²) in [6.45, 7) is 0. The van der Waals surface area contributed by atoms with Crippen LogP contribution in [0.4, 0.5) is 17.3 Å². The van der Waals surface area contributed by atoms with Gasteiger partial charge in [-0.05, 0) is 47.7 Å². The summed E-state index contributed by atoms with van der Waals surface area (Å²) in [5, 5.41) is 0. The van der Waals surface area contributed by atoms with Crippen molar-refractivity contribution in [3.8, 4) is 5.88 Å². The number of anilines is 3. The molecule has 0 saturated heterocycles. The highest BCUT2D eigenvalue weighted by Gasteiger charge is 2.26. The molecule has 0 aliphatic carbocycles. The normalized spacial score (nSPS) is 10.2. The van der Waals surface area contributed by atoms with Gasteiger partial charge >= 0.3 is 0 Å². The Morgan fingerprint density at radius 3 is 2.03 bits per heavy atom. The van der Waals surface area contributed by atoms with Crippen LogP contribution in [0, 0.1) is 0 Å². The lowest BCUT2D eigenvalue weighted by Crippen LogP contribution is -2.26. The Kier molecular flexibility index (Phi) is 7.78. The number of ether oxygens (including phenoxy) is 1. The van der Waals surface area contributed by atoms with Crippen molar-refractivity contribution in [2.45, 2.75) is 6.04 Å². The van der Waals surface area contributed by atoms with Crippen LogP contribution in [0.1, 0.15) is 17.2 Å². The molecular weight excluding hydrogens is 408 g/mol. The van der Waals surface area contributed by atoms with Crippen molar-refractivity contribution in [3.05, 3.63) is 96.7 Å². The standard InChI is InChI=1S/C22H20N6O.CH4S/c1-29-21-10-9-18(15-26-21)28(20-8-2-7-19(23)27-20)22(16-5-3-11-24-13-16)17-6-4-12-25-14-17;1-2/h2-15,22H,1H3,(H2,23,27);2H,1H3. The Hall–Kier alpha value is -3.65. The summed E-state index contributed by atoms with van der Waals surface area (Å²) >= 11 is 3.53. The van der Waals surface area contributed by atoms with Crippen molar-refractivity contribution < 1.29 is 4.74 Å². The van der Waals surface area contributed by atoms with E-state index in [4.69, 9.17) is 10.5 Å². The molecule has 4 heterocycles. The maximum atomic E-state index is 6.00. The third kappa shape index (κ3) is 5.29. The molecule has 0 saturated carbocycles. The van der Waals surface area contributed by atoms with Gasteiger partial charge in [0.2, 0.25) is 5.88 Å². The Labute approximate surface area is 187 Å². The number of aromatic nitrogens is 4. The molecule has 0 spiro atoms. The zero-order valence-electron chi connectivity index (χ0n) is 17.3. The van der Waals surface area contributed by atoms with E-state index in [0.29, 0.717) is 17.5 Å². The third-order valence-electron chi connectivity index (χ3n) is 4.47. The monoisotopic (exact) mass is 432 g/mol. The van der Waals surface area contributed by atoms with Gasteiger partial charge in [-0.2, -0.15) is 12.6 Å². The average molecular weight is 433 g/mol. The first-order chi connectivity index (χ1) is 15.3. The fraction of sp³-hybridized carbons (Fsp3) is 0.130. The topological polar surface area (TPSA) is 90.1 Å². The van der Waals surface area contributed by atoms with Crippen LogP contribution in [-0.2, 0) is 0 Å². The summed E-state index contributed by atoms with van der Waals surface area (Å²) in [7, 11) is 1.59. The molecule has 31 heavy (non-hydrogen) atoms. The van der Waals surface area contributed by atoms with Crippen LogP contribution >= 0.6 is 12.6 Å². The lowest BCUT2D eigenvalue weighted by atomic mass is 9.99. The molecule has 4 rings (SSSR count). The summed E-state index contributed by atoms with van der Waals surface area (Å²) in [4.78, 5) is 19.7. The number of rotatable bonds is 6. The van der Waals surface area contributed by atoms with Gasteiger partial charge < -0.3 is 15.4 Å². The van der Waals surface area contributed by atoms with Gasteiger partial charge in [0.05, 0.1) is 25.0 Å². The van der Waals surface area contributed by atoms with E-state index in [1.54, 1.807) is 38.0 Å². The van der Waals surface area contributed by atoms with E-state index in [1.807, 2.05) is 60.9 Å². The minimum Gasteiger partial charge on any atom is -0.481 e.